The molecule has 1 saturated heterocycles. The highest BCUT2D eigenvalue weighted by Gasteiger charge is 2.53. The third-order valence-electron chi connectivity index (χ3n) is 5.87. The summed E-state index contributed by atoms with van der Waals surface area (Å²) in [5, 5.41) is 4.40. The van der Waals surface area contributed by atoms with Crippen LogP contribution in [0.15, 0.2) is 48.8 Å². The fourth-order valence-corrected chi connectivity index (χ4v) is 4.04. The molecule has 0 bridgehead atoms. The van der Waals surface area contributed by atoms with Crippen molar-refractivity contribution >= 4 is 11.3 Å². The molecule has 1 aliphatic heterocycles. The minimum Gasteiger partial charge on any atom is -0.382 e. The van der Waals surface area contributed by atoms with Crippen LogP contribution in [-0.2, 0) is 16.1 Å². The molecule has 4 rings (SSSR count). The molecule has 2 aromatic heterocycles. The second-order valence-electron chi connectivity index (χ2n) is 7.41. The average Bonchev–Trinajstić information content (AvgIpc) is 3.22. The van der Waals surface area contributed by atoms with E-state index < -0.39 is 5.60 Å². The molecular formula is C21H26N4O2. The van der Waals surface area contributed by atoms with Crippen molar-refractivity contribution in [3.63, 3.8) is 0 Å². The van der Waals surface area contributed by atoms with Crippen molar-refractivity contribution in [2.24, 2.45) is 5.92 Å². The van der Waals surface area contributed by atoms with E-state index in [0.717, 1.165) is 23.2 Å². The van der Waals surface area contributed by atoms with Crippen LogP contribution in [0, 0.1) is 5.92 Å². The smallest absolute Gasteiger partial charge is 0.151 e. The van der Waals surface area contributed by atoms with E-state index in [9.17, 15) is 0 Å². The van der Waals surface area contributed by atoms with Gasteiger partial charge in [0.1, 0.15) is 23.5 Å². The highest BCUT2D eigenvalue weighted by molar-refractivity contribution is 5.65. The molecule has 3 heterocycles. The number of hydrogen-bond donors (Lipinski definition) is 1. The molecule has 4 atom stereocenters. The zero-order valence-corrected chi connectivity index (χ0v) is 16.0. The highest BCUT2D eigenvalue weighted by atomic mass is 16.6. The number of hydrogen-bond acceptors (Lipinski definition) is 5. The van der Waals surface area contributed by atoms with E-state index in [-0.39, 0.29) is 18.1 Å². The Hall–Kier alpha value is -2.44. The van der Waals surface area contributed by atoms with Gasteiger partial charge in [0.25, 0.3) is 0 Å². The maximum Gasteiger partial charge on any atom is 0.151 e. The van der Waals surface area contributed by atoms with E-state index >= 15 is 0 Å². The molecule has 27 heavy (non-hydrogen) atoms. The molecule has 2 N–H and O–H groups in total. The summed E-state index contributed by atoms with van der Waals surface area (Å²) in [4.78, 5) is 4.08. The Labute approximate surface area is 159 Å². The Bertz CT molecular complexity index is 926. The number of nitrogens with two attached hydrogens (primary N) is 1. The molecule has 0 spiro atoms. The van der Waals surface area contributed by atoms with Gasteiger partial charge in [0.05, 0.1) is 18.4 Å². The van der Waals surface area contributed by atoms with Crippen LogP contribution < -0.4 is 5.73 Å². The van der Waals surface area contributed by atoms with Crippen molar-refractivity contribution in [2.75, 3.05) is 5.73 Å². The van der Waals surface area contributed by atoms with Crippen LogP contribution in [0.4, 0.5) is 5.82 Å². The summed E-state index contributed by atoms with van der Waals surface area (Å²) in [6.07, 6.45) is 2.30. The molecule has 3 aromatic rings. The Morgan fingerprint density at radius 3 is 2.74 bits per heavy atom. The van der Waals surface area contributed by atoms with Gasteiger partial charge in [-0.25, -0.2) is 9.50 Å². The quantitative estimate of drug-likeness (QED) is 0.744. The lowest BCUT2D eigenvalue weighted by Gasteiger charge is -2.34. The zero-order chi connectivity index (χ0) is 19.0. The van der Waals surface area contributed by atoms with E-state index in [2.05, 4.69) is 43.0 Å². The fraction of sp³-hybridized carbons (Fsp3) is 0.429. The maximum atomic E-state index is 6.52. The monoisotopic (exact) mass is 366 g/mol. The number of nitrogens with zero attached hydrogens (tertiary/aromatic N) is 3. The first-order valence-corrected chi connectivity index (χ1v) is 9.46. The summed E-state index contributed by atoms with van der Waals surface area (Å²) in [5.74, 6) is 0.696. The predicted molar refractivity (Wildman–Crippen MR) is 104 cm³/mol. The molecule has 1 aromatic carbocycles. The van der Waals surface area contributed by atoms with Gasteiger partial charge in [0.15, 0.2) is 5.82 Å². The van der Waals surface area contributed by atoms with E-state index in [0.29, 0.717) is 12.4 Å². The summed E-state index contributed by atoms with van der Waals surface area (Å²) in [7, 11) is 0. The van der Waals surface area contributed by atoms with E-state index in [1.54, 1.807) is 0 Å². The Morgan fingerprint density at radius 1 is 1.22 bits per heavy atom. The Morgan fingerprint density at radius 2 is 2.00 bits per heavy atom. The lowest BCUT2D eigenvalue weighted by molar-refractivity contribution is -0.107. The third-order valence-corrected chi connectivity index (χ3v) is 5.87. The summed E-state index contributed by atoms with van der Waals surface area (Å²) < 4.78 is 14.8. The van der Waals surface area contributed by atoms with Crippen LogP contribution in [0.5, 0.6) is 0 Å². The van der Waals surface area contributed by atoms with Crippen molar-refractivity contribution in [1.29, 1.82) is 0 Å². The number of ether oxygens (including phenoxy) is 2. The molecule has 0 aliphatic carbocycles. The molecule has 6 nitrogen and oxygen atoms in total. The van der Waals surface area contributed by atoms with Crippen molar-refractivity contribution < 1.29 is 9.47 Å². The van der Waals surface area contributed by atoms with Crippen LogP contribution in [0.2, 0.25) is 0 Å². The maximum absolute atomic E-state index is 6.52. The molecule has 0 unspecified atom stereocenters. The van der Waals surface area contributed by atoms with Crippen molar-refractivity contribution in [3.8, 4) is 0 Å². The summed E-state index contributed by atoms with van der Waals surface area (Å²) in [6.45, 7) is 7.04. The second-order valence-corrected chi connectivity index (χ2v) is 7.41. The van der Waals surface area contributed by atoms with Gasteiger partial charge in [0, 0.05) is 5.92 Å². The molecule has 0 amide bonds. The first kappa shape index (κ1) is 17.9. The van der Waals surface area contributed by atoms with Crippen LogP contribution in [0.3, 0.4) is 0 Å². The summed E-state index contributed by atoms with van der Waals surface area (Å²) in [6, 6.07) is 14.2. The molecule has 0 saturated carbocycles. The van der Waals surface area contributed by atoms with Gasteiger partial charge in [-0.05, 0) is 31.0 Å². The molecule has 1 aliphatic rings. The van der Waals surface area contributed by atoms with Gasteiger partial charge in [-0.15, -0.1) is 0 Å². The van der Waals surface area contributed by atoms with Crippen LogP contribution in [0.1, 0.15) is 44.6 Å². The molecular weight excluding hydrogens is 340 g/mol. The van der Waals surface area contributed by atoms with Crippen molar-refractivity contribution in [2.45, 2.75) is 51.6 Å². The Kier molecular flexibility index (Phi) is 4.61. The minimum atomic E-state index is -0.482. The van der Waals surface area contributed by atoms with Crippen molar-refractivity contribution in [3.05, 3.63) is 60.0 Å². The highest BCUT2D eigenvalue weighted by Crippen LogP contribution is 2.49. The fourth-order valence-electron chi connectivity index (χ4n) is 4.04. The molecule has 142 valence electrons. The van der Waals surface area contributed by atoms with E-state index in [1.807, 2.05) is 34.8 Å². The van der Waals surface area contributed by atoms with E-state index in [4.69, 9.17) is 15.2 Å². The van der Waals surface area contributed by atoms with Gasteiger partial charge in [-0.2, -0.15) is 5.10 Å². The molecule has 0 radical (unpaired) electrons. The number of aromatic nitrogens is 3. The summed E-state index contributed by atoms with van der Waals surface area (Å²) >= 11 is 0. The lowest BCUT2D eigenvalue weighted by atomic mass is 9.83. The Balaban J connectivity index is 1.71. The second kappa shape index (κ2) is 6.94. The van der Waals surface area contributed by atoms with Crippen LogP contribution in [0.25, 0.3) is 5.52 Å². The minimum absolute atomic E-state index is 0.125. The van der Waals surface area contributed by atoms with E-state index in [1.165, 1.54) is 6.33 Å². The van der Waals surface area contributed by atoms with Gasteiger partial charge in [0.2, 0.25) is 0 Å². The topological polar surface area (TPSA) is 74.7 Å². The normalized spacial score (nSPS) is 28.0. The number of rotatable bonds is 5. The molecule has 1 fully saturated rings. The SMILES string of the molecule is CC[C@H]1O[C@@H](c2ccc3c(N)ncnn23)[C@](C)(OCc2ccccc2)[C@@H]1C. The van der Waals surface area contributed by atoms with Gasteiger partial charge in [-0.3, -0.25) is 0 Å². The third kappa shape index (κ3) is 2.99. The van der Waals surface area contributed by atoms with Crippen molar-refractivity contribution in [1.82, 2.24) is 14.6 Å². The standard InChI is InChI=1S/C21H26N4O2/c1-4-18-14(2)21(3,26-12-15-8-6-5-7-9-15)19(27-18)16-10-11-17-20(22)23-13-24-25(16)17/h5-11,13-14,18-19H,4,12H2,1-3H3,(H2,22,23,24)/t14-,18-,19+,21-/m1/s1. The number of nitrogen functional groups attached to an aromatic ring is 1. The number of benzene rings is 1. The van der Waals surface area contributed by atoms with Crippen LogP contribution >= 0.6 is 0 Å². The predicted octanol–water partition coefficient (Wildman–Crippen LogP) is 3.77. The van der Waals surface area contributed by atoms with Gasteiger partial charge in [-0.1, -0.05) is 44.2 Å². The van der Waals surface area contributed by atoms with Gasteiger partial charge < -0.3 is 15.2 Å². The first-order valence-electron chi connectivity index (χ1n) is 9.46. The number of anilines is 1. The lowest BCUT2D eigenvalue weighted by Crippen LogP contribution is -2.39. The zero-order valence-electron chi connectivity index (χ0n) is 16.0. The first-order chi connectivity index (χ1) is 13.0. The van der Waals surface area contributed by atoms with Gasteiger partial charge >= 0.3 is 0 Å². The van der Waals surface area contributed by atoms with Crippen LogP contribution in [-0.4, -0.2) is 26.3 Å². The largest absolute Gasteiger partial charge is 0.382 e. The summed E-state index contributed by atoms with van der Waals surface area (Å²) in [5.41, 5.74) is 8.40. The average molecular weight is 366 g/mol. The number of fused-ring (bicyclic) bond motifs is 1. The molecule has 6 heteroatoms.